The van der Waals surface area contributed by atoms with Crippen LogP contribution in [0.25, 0.3) is 6.08 Å². The highest BCUT2D eigenvalue weighted by molar-refractivity contribution is 9.10. The van der Waals surface area contributed by atoms with E-state index in [4.69, 9.17) is 0 Å². The number of hydrogen-bond acceptors (Lipinski definition) is 2. The Bertz CT molecular complexity index is 584. The molecule has 118 valence electrons. The number of carbonyl (C=O) groups excluding carboxylic acids is 2. The van der Waals surface area contributed by atoms with Crippen molar-refractivity contribution in [1.82, 2.24) is 10.9 Å². The Labute approximate surface area is 137 Å². The number of hydrazine groups is 1. The minimum atomic E-state index is -0.497. The lowest BCUT2D eigenvalue weighted by molar-refractivity contribution is -0.130. The van der Waals surface area contributed by atoms with Crippen molar-refractivity contribution < 1.29 is 14.0 Å². The molecular weight excluding hydrogens is 351 g/mol. The Balaban J connectivity index is 1.83. The Morgan fingerprint density at radius 1 is 1.18 bits per heavy atom. The van der Waals surface area contributed by atoms with E-state index < -0.39 is 11.7 Å². The molecule has 0 bridgehead atoms. The summed E-state index contributed by atoms with van der Waals surface area (Å²) in [6.07, 6.45) is 7.54. The lowest BCUT2D eigenvalue weighted by Gasteiger charge is -2.20. The topological polar surface area (TPSA) is 58.2 Å². The average molecular weight is 369 g/mol. The Morgan fingerprint density at radius 3 is 2.64 bits per heavy atom. The summed E-state index contributed by atoms with van der Waals surface area (Å²) < 4.78 is 14.2. The normalized spacial score (nSPS) is 15.7. The van der Waals surface area contributed by atoms with Crippen LogP contribution in [-0.2, 0) is 9.59 Å². The van der Waals surface area contributed by atoms with Gasteiger partial charge in [-0.2, -0.15) is 0 Å². The molecule has 0 spiro atoms. The number of hydrogen-bond donors (Lipinski definition) is 2. The van der Waals surface area contributed by atoms with Crippen molar-refractivity contribution in [3.05, 3.63) is 40.1 Å². The molecular formula is C16H18BrFN2O2. The summed E-state index contributed by atoms with van der Waals surface area (Å²) in [7, 11) is 0. The number of amides is 2. The van der Waals surface area contributed by atoms with Gasteiger partial charge in [-0.3, -0.25) is 20.4 Å². The maximum absolute atomic E-state index is 13.5. The van der Waals surface area contributed by atoms with Crippen LogP contribution in [-0.4, -0.2) is 11.8 Å². The fraction of sp³-hybridized carbons (Fsp3) is 0.375. The second-order valence-corrected chi connectivity index (χ2v) is 6.23. The van der Waals surface area contributed by atoms with Crippen molar-refractivity contribution in [1.29, 1.82) is 0 Å². The first-order valence-corrected chi connectivity index (χ1v) is 8.08. The highest BCUT2D eigenvalue weighted by atomic mass is 79.9. The molecule has 1 aromatic carbocycles. The zero-order valence-electron chi connectivity index (χ0n) is 12.1. The summed E-state index contributed by atoms with van der Waals surface area (Å²) in [4.78, 5) is 23.5. The number of nitrogens with one attached hydrogen (secondary N) is 2. The monoisotopic (exact) mass is 368 g/mol. The summed E-state index contributed by atoms with van der Waals surface area (Å²) in [5.41, 5.74) is 5.04. The van der Waals surface area contributed by atoms with Crippen LogP contribution in [0.1, 0.15) is 37.7 Å². The van der Waals surface area contributed by atoms with Gasteiger partial charge in [0.2, 0.25) is 5.91 Å². The van der Waals surface area contributed by atoms with E-state index in [2.05, 4.69) is 26.8 Å². The summed E-state index contributed by atoms with van der Waals surface area (Å²) >= 11 is 3.24. The number of halogens is 2. The van der Waals surface area contributed by atoms with Crippen molar-refractivity contribution in [3.63, 3.8) is 0 Å². The third-order valence-electron chi connectivity index (χ3n) is 3.66. The van der Waals surface area contributed by atoms with Gasteiger partial charge in [-0.1, -0.05) is 35.2 Å². The first-order chi connectivity index (χ1) is 10.6. The molecule has 1 aliphatic carbocycles. The molecule has 0 saturated heterocycles. The van der Waals surface area contributed by atoms with E-state index in [1.165, 1.54) is 18.2 Å². The molecule has 0 aromatic heterocycles. The Morgan fingerprint density at radius 2 is 1.91 bits per heavy atom. The van der Waals surface area contributed by atoms with Crippen LogP contribution in [0.4, 0.5) is 4.39 Å². The summed E-state index contributed by atoms with van der Waals surface area (Å²) in [5.74, 6) is -1.10. The van der Waals surface area contributed by atoms with E-state index in [1.807, 2.05) is 0 Å². The quantitative estimate of drug-likeness (QED) is 0.634. The van der Waals surface area contributed by atoms with E-state index in [1.54, 1.807) is 12.1 Å². The summed E-state index contributed by atoms with van der Waals surface area (Å²) in [6, 6.07) is 4.46. The maximum Gasteiger partial charge on any atom is 0.262 e. The second kappa shape index (κ2) is 8.08. The molecule has 1 aliphatic rings. The van der Waals surface area contributed by atoms with Gasteiger partial charge in [-0.15, -0.1) is 0 Å². The van der Waals surface area contributed by atoms with E-state index in [-0.39, 0.29) is 11.8 Å². The molecule has 0 atom stereocenters. The molecule has 1 aromatic rings. The molecule has 4 nitrogen and oxygen atoms in total. The van der Waals surface area contributed by atoms with Gasteiger partial charge >= 0.3 is 0 Å². The van der Waals surface area contributed by atoms with Crippen LogP contribution in [0, 0.1) is 11.7 Å². The van der Waals surface area contributed by atoms with Crippen LogP contribution in [0.2, 0.25) is 0 Å². The van der Waals surface area contributed by atoms with E-state index >= 15 is 0 Å². The van der Waals surface area contributed by atoms with Gasteiger partial charge in [0.15, 0.2) is 0 Å². The maximum atomic E-state index is 13.5. The predicted octanol–water partition coefficient (Wildman–Crippen LogP) is 3.33. The molecule has 2 amide bonds. The van der Waals surface area contributed by atoms with Gasteiger partial charge in [0.1, 0.15) is 5.82 Å². The first-order valence-electron chi connectivity index (χ1n) is 7.29. The molecule has 0 aliphatic heterocycles. The SMILES string of the molecule is O=C(/C=C/c1cc(Br)ccc1F)NNC(=O)C1CCCCC1. The Kier molecular flexibility index (Phi) is 6.12. The van der Waals surface area contributed by atoms with Gasteiger partial charge in [-0.25, -0.2) is 4.39 Å². The zero-order valence-corrected chi connectivity index (χ0v) is 13.7. The minimum absolute atomic E-state index is 0.0273. The smallest absolute Gasteiger partial charge is 0.262 e. The lowest BCUT2D eigenvalue weighted by atomic mass is 9.89. The predicted molar refractivity (Wildman–Crippen MR) is 86.0 cm³/mol. The van der Waals surface area contributed by atoms with Gasteiger partial charge in [0.05, 0.1) is 0 Å². The molecule has 2 N–H and O–H groups in total. The zero-order chi connectivity index (χ0) is 15.9. The van der Waals surface area contributed by atoms with Gasteiger partial charge in [0.25, 0.3) is 5.91 Å². The number of carbonyl (C=O) groups is 2. The molecule has 2 rings (SSSR count). The highest BCUT2D eigenvalue weighted by Gasteiger charge is 2.20. The largest absolute Gasteiger partial charge is 0.273 e. The van der Waals surface area contributed by atoms with Crippen LogP contribution >= 0.6 is 15.9 Å². The summed E-state index contributed by atoms with van der Waals surface area (Å²) in [5, 5.41) is 0. The lowest BCUT2D eigenvalue weighted by Crippen LogP contribution is -2.44. The van der Waals surface area contributed by atoms with Gasteiger partial charge < -0.3 is 0 Å². The van der Waals surface area contributed by atoms with Crippen molar-refractivity contribution in [2.45, 2.75) is 32.1 Å². The van der Waals surface area contributed by atoms with E-state index in [0.29, 0.717) is 5.56 Å². The van der Waals surface area contributed by atoms with Crippen molar-refractivity contribution >= 4 is 33.8 Å². The molecule has 0 radical (unpaired) electrons. The fourth-order valence-electron chi connectivity index (χ4n) is 2.44. The molecule has 22 heavy (non-hydrogen) atoms. The van der Waals surface area contributed by atoms with Crippen molar-refractivity contribution in [2.75, 3.05) is 0 Å². The molecule has 6 heteroatoms. The third-order valence-corrected chi connectivity index (χ3v) is 4.15. The fourth-order valence-corrected chi connectivity index (χ4v) is 2.82. The van der Waals surface area contributed by atoms with Gasteiger partial charge in [0, 0.05) is 22.0 Å². The second-order valence-electron chi connectivity index (χ2n) is 5.31. The average Bonchev–Trinajstić information content (AvgIpc) is 2.54. The van der Waals surface area contributed by atoms with Crippen molar-refractivity contribution in [3.8, 4) is 0 Å². The number of benzene rings is 1. The molecule has 1 saturated carbocycles. The molecule has 0 heterocycles. The number of rotatable bonds is 3. The summed E-state index contributed by atoms with van der Waals surface area (Å²) in [6.45, 7) is 0. The van der Waals surface area contributed by atoms with E-state index in [0.717, 1.165) is 36.6 Å². The highest BCUT2D eigenvalue weighted by Crippen LogP contribution is 2.23. The van der Waals surface area contributed by atoms with Crippen LogP contribution < -0.4 is 10.9 Å². The van der Waals surface area contributed by atoms with Crippen molar-refractivity contribution in [2.24, 2.45) is 5.92 Å². The van der Waals surface area contributed by atoms with E-state index in [9.17, 15) is 14.0 Å². The minimum Gasteiger partial charge on any atom is -0.273 e. The van der Waals surface area contributed by atoms with Crippen LogP contribution in [0.15, 0.2) is 28.7 Å². The standard InChI is InChI=1S/C16H18BrFN2O2/c17-13-7-8-14(18)12(10-13)6-9-15(21)19-20-16(22)11-4-2-1-3-5-11/h6-11H,1-5H2,(H,19,21)(H,20,22)/b9-6+. The molecule has 1 fully saturated rings. The molecule has 0 unspecified atom stereocenters. The van der Waals surface area contributed by atoms with Gasteiger partial charge in [-0.05, 0) is 37.1 Å². The third kappa shape index (κ3) is 4.94. The van der Waals surface area contributed by atoms with Crippen LogP contribution in [0.3, 0.4) is 0 Å². The first kappa shape index (κ1) is 16.7. The van der Waals surface area contributed by atoms with Crippen LogP contribution in [0.5, 0.6) is 0 Å². The Hall–Kier alpha value is -1.69.